The van der Waals surface area contributed by atoms with Gasteiger partial charge in [-0.25, -0.2) is 9.38 Å². The Labute approximate surface area is 164 Å². The van der Waals surface area contributed by atoms with Crippen LogP contribution in [0.5, 0.6) is 0 Å². The van der Waals surface area contributed by atoms with Crippen molar-refractivity contribution < 1.29 is 9.18 Å². The number of carbonyl (C=O) groups is 1. The van der Waals surface area contributed by atoms with E-state index in [0.717, 1.165) is 43.7 Å². The number of hydrogen-bond acceptors (Lipinski definition) is 4. The maximum absolute atomic E-state index is 13.7. The highest BCUT2D eigenvalue weighted by atomic mass is 19.1. The third-order valence-corrected chi connectivity index (χ3v) is 5.61. The number of primary amides is 1. The number of carbonyl (C=O) groups excluding carboxylic acids is 1. The van der Waals surface area contributed by atoms with Gasteiger partial charge in [0.2, 0.25) is 0 Å². The summed E-state index contributed by atoms with van der Waals surface area (Å²) in [7, 11) is 6.16. The van der Waals surface area contributed by atoms with E-state index in [2.05, 4.69) is 16.8 Å². The number of allylic oxidation sites excluding steroid dienone is 1. The summed E-state index contributed by atoms with van der Waals surface area (Å²) in [4.78, 5) is 21.3. The van der Waals surface area contributed by atoms with Gasteiger partial charge in [0.1, 0.15) is 17.3 Å². The highest BCUT2D eigenvalue weighted by Crippen LogP contribution is 2.38. The third-order valence-electron chi connectivity index (χ3n) is 5.61. The van der Waals surface area contributed by atoms with Crippen molar-refractivity contribution >= 4 is 22.6 Å². The molecule has 2 N–H and O–H groups in total. The van der Waals surface area contributed by atoms with Crippen LogP contribution in [-0.2, 0) is 0 Å². The number of hydrogen-bond donors (Lipinski definition) is 1. The van der Waals surface area contributed by atoms with Crippen molar-refractivity contribution in [2.75, 3.05) is 34.2 Å². The second-order valence-electron chi connectivity index (χ2n) is 8.04. The predicted octanol–water partition coefficient (Wildman–Crippen LogP) is 2.76. The summed E-state index contributed by atoms with van der Waals surface area (Å²) in [5.74, 6) is 0.288. The fourth-order valence-electron chi connectivity index (χ4n) is 4.34. The molecule has 1 unspecified atom stereocenters. The zero-order valence-corrected chi connectivity index (χ0v) is 16.6. The molecule has 1 amide bonds. The van der Waals surface area contributed by atoms with Gasteiger partial charge in [0, 0.05) is 36.2 Å². The number of amidine groups is 1. The SMILES string of the molecule is CN(C)CC1=NC2=C(CC(n3c(C(N)=O)cc4cc(F)ccc43)CC2)CN1C. The van der Waals surface area contributed by atoms with E-state index < -0.39 is 5.91 Å². The molecule has 2 aliphatic rings. The Morgan fingerprint density at radius 3 is 2.86 bits per heavy atom. The van der Waals surface area contributed by atoms with Gasteiger partial charge in [0.05, 0.1) is 6.54 Å². The minimum atomic E-state index is -0.483. The molecule has 1 aromatic carbocycles. The summed E-state index contributed by atoms with van der Waals surface area (Å²) in [5, 5.41) is 0.709. The predicted molar refractivity (Wildman–Crippen MR) is 109 cm³/mol. The Bertz CT molecular complexity index is 1000. The Morgan fingerprint density at radius 1 is 1.36 bits per heavy atom. The third kappa shape index (κ3) is 3.30. The maximum Gasteiger partial charge on any atom is 0.265 e. The van der Waals surface area contributed by atoms with Gasteiger partial charge < -0.3 is 20.1 Å². The van der Waals surface area contributed by atoms with Crippen molar-refractivity contribution in [1.82, 2.24) is 14.4 Å². The van der Waals surface area contributed by atoms with E-state index in [0.29, 0.717) is 11.1 Å². The minimum Gasteiger partial charge on any atom is -0.364 e. The molecule has 6 nitrogen and oxygen atoms in total. The lowest BCUT2D eigenvalue weighted by atomic mass is 9.90. The number of aromatic nitrogens is 1. The number of fused-ring (bicyclic) bond motifs is 1. The largest absolute Gasteiger partial charge is 0.364 e. The summed E-state index contributed by atoms with van der Waals surface area (Å²) in [6.45, 7) is 1.66. The quantitative estimate of drug-likeness (QED) is 0.883. The van der Waals surface area contributed by atoms with Gasteiger partial charge in [0.25, 0.3) is 5.91 Å². The van der Waals surface area contributed by atoms with Gasteiger partial charge in [-0.05, 0) is 63.2 Å². The molecule has 2 aromatic rings. The summed E-state index contributed by atoms with van der Waals surface area (Å²) in [5.41, 5.74) is 9.42. The molecule has 7 heteroatoms. The first-order valence-corrected chi connectivity index (χ1v) is 9.58. The van der Waals surface area contributed by atoms with E-state index in [1.807, 2.05) is 18.7 Å². The van der Waals surface area contributed by atoms with E-state index in [-0.39, 0.29) is 11.9 Å². The molecule has 2 heterocycles. The summed E-state index contributed by atoms with van der Waals surface area (Å²) in [6.07, 6.45) is 2.56. The normalized spacial score (nSPS) is 20.0. The molecule has 1 aliphatic heterocycles. The summed E-state index contributed by atoms with van der Waals surface area (Å²) < 4.78 is 15.7. The van der Waals surface area contributed by atoms with Crippen LogP contribution < -0.4 is 5.73 Å². The number of likely N-dealkylation sites (N-methyl/N-ethyl adjacent to an activating group) is 2. The lowest BCUT2D eigenvalue weighted by molar-refractivity contribution is 0.0989. The molecule has 4 rings (SSSR count). The van der Waals surface area contributed by atoms with E-state index in [1.54, 1.807) is 12.1 Å². The van der Waals surface area contributed by atoms with Crippen molar-refractivity contribution in [2.24, 2.45) is 10.7 Å². The van der Waals surface area contributed by atoms with Crippen molar-refractivity contribution in [1.29, 1.82) is 0 Å². The number of benzene rings is 1. The van der Waals surface area contributed by atoms with Crippen molar-refractivity contribution in [2.45, 2.75) is 25.3 Å². The van der Waals surface area contributed by atoms with Crippen LogP contribution in [0.4, 0.5) is 4.39 Å². The number of nitrogens with zero attached hydrogens (tertiary/aromatic N) is 4. The molecule has 1 aliphatic carbocycles. The molecule has 0 fully saturated rings. The fraction of sp³-hybridized carbons (Fsp3) is 0.429. The van der Waals surface area contributed by atoms with Crippen molar-refractivity contribution in [3.63, 3.8) is 0 Å². The second-order valence-corrected chi connectivity index (χ2v) is 8.04. The van der Waals surface area contributed by atoms with Crippen molar-refractivity contribution in [3.05, 3.63) is 47.0 Å². The molecule has 0 saturated heterocycles. The van der Waals surface area contributed by atoms with E-state index in [4.69, 9.17) is 10.7 Å². The lowest BCUT2D eigenvalue weighted by Gasteiger charge is -2.35. The van der Waals surface area contributed by atoms with Gasteiger partial charge in [-0.1, -0.05) is 0 Å². The number of rotatable bonds is 4. The van der Waals surface area contributed by atoms with E-state index in [1.165, 1.54) is 23.4 Å². The first-order valence-electron chi connectivity index (χ1n) is 9.58. The maximum atomic E-state index is 13.7. The molecule has 0 saturated carbocycles. The van der Waals surface area contributed by atoms with Crippen LogP contribution in [0.15, 0.2) is 40.5 Å². The van der Waals surface area contributed by atoms with Crippen LogP contribution in [0.1, 0.15) is 35.8 Å². The fourth-order valence-corrected chi connectivity index (χ4v) is 4.34. The number of aliphatic imine (C=N–C) groups is 1. The van der Waals surface area contributed by atoms with Gasteiger partial charge in [0.15, 0.2) is 0 Å². The Balaban J connectivity index is 1.70. The van der Waals surface area contributed by atoms with Crippen LogP contribution in [0, 0.1) is 5.82 Å². The van der Waals surface area contributed by atoms with Gasteiger partial charge in [-0.3, -0.25) is 4.79 Å². The van der Waals surface area contributed by atoms with Crippen LogP contribution >= 0.6 is 0 Å². The zero-order valence-electron chi connectivity index (χ0n) is 16.6. The van der Waals surface area contributed by atoms with Crippen LogP contribution in [0.25, 0.3) is 10.9 Å². The minimum absolute atomic E-state index is 0.114. The summed E-state index contributed by atoms with van der Waals surface area (Å²) >= 11 is 0. The van der Waals surface area contributed by atoms with Crippen LogP contribution in [0.2, 0.25) is 0 Å². The Kier molecular flexibility index (Phi) is 4.71. The van der Waals surface area contributed by atoms with E-state index >= 15 is 0 Å². The standard InChI is InChI=1S/C21H26FN5O/c1-25(2)12-20-24-17-6-5-16(9-14(17)11-26(20)3)27-18-7-4-15(22)8-13(18)10-19(27)21(23)28/h4,7-8,10,16H,5-6,9,11-12H2,1-3H3,(H2,23,28). The first-order chi connectivity index (χ1) is 13.3. The average molecular weight is 383 g/mol. The topological polar surface area (TPSA) is 66.9 Å². The zero-order chi connectivity index (χ0) is 20.0. The lowest BCUT2D eigenvalue weighted by Crippen LogP contribution is -2.40. The van der Waals surface area contributed by atoms with Crippen LogP contribution in [-0.4, -0.2) is 60.3 Å². The molecular weight excluding hydrogens is 357 g/mol. The van der Waals surface area contributed by atoms with Crippen molar-refractivity contribution in [3.8, 4) is 0 Å². The molecule has 28 heavy (non-hydrogen) atoms. The highest BCUT2D eigenvalue weighted by Gasteiger charge is 2.29. The number of halogens is 1. The molecular formula is C21H26FN5O. The van der Waals surface area contributed by atoms with Gasteiger partial charge >= 0.3 is 0 Å². The second kappa shape index (κ2) is 7.05. The first kappa shape index (κ1) is 18.7. The average Bonchev–Trinajstić information content (AvgIpc) is 3.00. The Hall–Kier alpha value is -2.67. The molecule has 148 valence electrons. The monoisotopic (exact) mass is 383 g/mol. The molecule has 1 aromatic heterocycles. The number of nitrogens with two attached hydrogens (primary N) is 1. The van der Waals surface area contributed by atoms with E-state index in [9.17, 15) is 9.18 Å². The smallest absolute Gasteiger partial charge is 0.265 e. The number of amides is 1. The van der Waals surface area contributed by atoms with Gasteiger partial charge in [-0.15, -0.1) is 0 Å². The summed E-state index contributed by atoms with van der Waals surface area (Å²) in [6, 6.07) is 6.44. The molecule has 0 spiro atoms. The van der Waals surface area contributed by atoms with Crippen LogP contribution in [0.3, 0.4) is 0 Å². The molecule has 0 bridgehead atoms. The van der Waals surface area contributed by atoms with Gasteiger partial charge in [-0.2, -0.15) is 0 Å². The Morgan fingerprint density at radius 2 is 2.14 bits per heavy atom. The molecule has 0 radical (unpaired) electrons. The highest BCUT2D eigenvalue weighted by molar-refractivity contribution is 5.98. The molecule has 1 atom stereocenters.